The molecule has 0 amide bonds. The van der Waals surface area contributed by atoms with Crippen LogP contribution >= 0.6 is 0 Å². The Morgan fingerprint density at radius 1 is 0.246 bits per heavy atom. The van der Waals surface area contributed by atoms with E-state index in [1.54, 1.807) is 11.1 Å². The van der Waals surface area contributed by atoms with Crippen LogP contribution in [0.2, 0.25) is 0 Å². The van der Waals surface area contributed by atoms with Crippen LogP contribution in [0.5, 0.6) is 0 Å². The third-order valence-corrected chi connectivity index (χ3v) is 28.9. The molecular formula is C111H115NO2. The highest BCUT2D eigenvalue weighted by atomic mass is 16.3. The molecule has 0 unspecified atom stereocenters. The van der Waals surface area contributed by atoms with E-state index in [4.69, 9.17) is 8.83 Å². The van der Waals surface area contributed by atoms with E-state index in [0.717, 1.165) is 40.9 Å². The van der Waals surface area contributed by atoms with E-state index in [-0.39, 0.29) is 27.1 Å². The van der Waals surface area contributed by atoms with Crippen molar-refractivity contribution >= 4 is 60.9 Å². The van der Waals surface area contributed by atoms with E-state index in [1.165, 1.54) is 297 Å². The van der Waals surface area contributed by atoms with Crippen molar-refractivity contribution in [3.8, 4) is 77.9 Å². The van der Waals surface area contributed by atoms with Gasteiger partial charge in [0.15, 0.2) is 0 Å². The van der Waals surface area contributed by atoms with Gasteiger partial charge < -0.3 is 13.7 Å². The molecule has 0 saturated carbocycles. The van der Waals surface area contributed by atoms with Gasteiger partial charge in [-0.2, -0.15) is 0 Å². The average molecular weight is 1500 g/mol. The Morgan fingerprint density at radius 2 is 0.649 bits per heavy atom. The molecule has 114 heavy (non-hydrogen) atoms. The van der Waals surface area contributed by atoms with Gasteiger partial charge in [0.2, 0.25) is 0 Å². The molecule has 576 valence electrons. The lowest BCUT2D eigenvalue weighted by Crippen LogP contribution is -2.26. The number of rotatable bonds is 29. The number of furan rings is 2. The average Bonchev–Trinajstić information content (AvgIpc) is 1.53. The molecule has 3 heteroatoms. The molecule has 0 radical (unpaired) electrons. The molecule has 5 aliphatic carbocycles. The summed E-state index contributed by atoms with van der Waals surface area (Å²) in [5.74, 6) is 0. The SMILES string of the molecule is CCCCCCCC1(CCCCCCC)c2ccccc2-c2ccc(-c3ccc4c(c3)C(C)(C)c3cc(-c5cc6c(c7c5oc5ccccc57)-c5ccc(N(c7ccccc7)c7ccc8c(c7)C(C)(C)c7cc9c(cc7-8)C(C)(C)c7ccc8oc%10ccccc%10c8c7-9)cc5C6(CCCCCCC)CCCCCCC)ccc3-4)cc21. The smallest absolute Gasteiger partial charge is 0.143 e. The minimum atomic E-state index is -0.286. The van der Waals surface area contributed by atoms with Gasteiger partial charge >= 0.3 is 0 Å². The highest BCUT2D eigenvalue weighted by Crippen LogP contribution is 2.64. The molecule has 5 aliphatic rings. The summed E-state index contributed by atoms with van der Waals surface area (Å²) in [6.07, 6.45) is 29.9. The van der Waals surface area contributed by atoms with Crippen molar-refractivity contribution in [2.75, 3.05) is 4.90 Å². The first-order valence-corrected chi connectivity index (χ1v) is 44.5. The minimum absolute atomic E-state index is 0.0293. The van der Waals surface area contributed by atoms with Crippen molar-refractivity contribution in [3.05, 3.63) is 280 Å². The second kappa shape index (κ2) is 29.4. The number of unbranched alkanes of at least 4 members (excludes halogenated alkanes) is 16. The van der Waals surface area contributed by atoms with Crippen LogP contribution in [0.25, 0.3) is 122 Å². The lowest BCUT2D eigenvalue weighted by atomic mass is 9.70. The maximum Gasteiger partial charge on any atom is 0.143 e. The van der Waals surface area contributed by atoms with E-state index < -0.39 is 0 Å². The summed E-state index contributed by atoms with van der Waals surface area (Å²) in [6.45, 7) is 24.2. The molecule has 0 N–H and O–H groups in total. The third-order valence-electron chi connectivity index (χ3n) is 28.9. The first-order valence-electron chi connectivity index (χ1n) is 44.5. The zero-order valence-electron chi connectivity index (χ0n) is 69.6. The molecule has 12 aromatic carbocycles. The Bertz CT molecular complexity index is 6030. The predicted octanol–water partition coefficient (Wildman–Crippen LogP) is 33.2. The molecule has 0 spiro atoms. The first-order chi connectivity index (χ1) is 55.6. The number of anilines is 3. The molecule has 0 aliphatic heterocycles. The normalized spacial score (nSPS) is 15.4. The molecule has 19 rings (SSSR count). The zero-order chi connectivity index (χ0) is 77.8. The van der Waals surface area contributed by atoms with Gasteiger partial charge in [-0.15, -0.1) is 0 Å². The molecule has 3 nitrogen and oxygen atoms in total. The van der Waals surface area contributed by atoms with Crippen LogP contribution in [-0.4, -0.2) is 0 Å². The lowest BCUT2D eigenvalue weighted by Gasteiger charge is -2.34. The Hall–Kier alpha value is -9.96. The fourth-order valence-electron chi connectivity index (χ4n) is 22.8. The highest BCUT2D eigenvalue weighted by molar-refractivity contribution is 6.19. The van der Waals surface area contributed by atoms with Crippen LogP contribution in [0.1, 0.15) is 279 Å². The molecule has 0 atom stereocenters. The maximum absolute atomic E-state index is 7.46. The molecule has 0 fully saturated rings. The van der Waals surface area contributed by atoms with Crippen LogP contribution in [0.4, 0.5) is 17.1 Å². The Morgan fingerprint density at radius 3 is 1.26 bits per heavy atom. The Labute approximate surface area is 678 Å². The molecule has 0 saturated heterocycles. The summed E-state index contributed by atoms with van der Waals surface area (Å²) in [5.41, 5.74) is 39.6. The van der Waals surface area contributed by atoms with Gasteiger partial charge in [0, 0.05) is 71.2 Å². The van der Waals surface area contributed by atoms with Gasteiger partial charge in [0.05, 0.1) is 0 Å². The number of benzene rings is 12. The van der Waals surface area contributed by atoms with E-state index in [0.29, 0.717) is 0 Å². The van der Waals surface area contributed by atoms with Crippen LogP contribution in [0.3, 0.4) is 0 Å². The lowest BCUT2D eigenvalue weighted by molar-refractivity contribution is 0.399. The summed E-state index contributed by atoms with van der Waals surface area (Å²) in [4.78, 5) is 2.58. The highest BCUT2D eigenvalue weighted by Gasteiger charge is 2.48. The summed E-state index contributed by atoms with van der Waals surface area (Å²) in [5, 5.41) is 4.88. The Kier molecular flexibility index (Phi) is 19.1. The second-order valence-corrected chi connectivity index (χ2v) is 36.7. The molecular weight excluding hydrogens is 1380 g/mol. The second-order valence-electron chi connectivity index (χ2n) is 36.7. The summed E-state index contributed by atoms with van der Waals surface area (Å²) in [6, 6.07) is 88.4. The molecule has 2 aromatic heterocycles. The van der Waals surface area contributed by atoms with Gasteiger partial charge in [-0.1, -0.05) is 331 Å². The third kappa shape index (κ3) is 11.8. The van der Waals surface area contributed by atoms with E-state index in [2.05, 4.69) is 299 Å². The summed E-state index contributed by atoms with van der Waals surface area (Å²) < 4.78 is 14.0. The Balaban J connectivity index is 0.724. The summed E-state index contributed by atoms with van der Waals surface area (Å²) >= 11 is 0. The van der Waals surface area contributed by atoms with Crippen molar-refractivity contribution in [2.24, 2.45) is 0 Å². The van der Waals surface area contributed by atoms with Crippen LogP contribution in [0.15, 0.2) is 233 Å². The standard InChI is InChI=1S/C111H115NO2/c1-11-15-19-23-36-60-110(61-37-24-20-16-12-2)89-45-33-30-42-78(89)81-54-49-73(65-96(81)110)72-48-53-79-80-55-50-74(66-92(80)108(7,8)91(79)64-72)86-69-98-102(105-85-44-32-35-47-100(85)114-106(86)105)83-57-52-77(68-97(83)111(98,62-38-25-21-17-13-3)63-39-26-22-18-14-4)112(75-40-28-27-29-41-75)76-51-56-82-87-70-95-88(71-94(87)109(9,10)93(82)67-76)103-90(107(95,5)6)58-59-101-104(103)84-43-31-34-46-99(84)113-101/h27-35,40-59,64-71H,11-26,36-39,60-63H2,1-10H3. The van der Waals surface area contributed by atoms with Gasteiger partial charge in [-0.25, -0.2) is 0 Å². The van der Waals surface area contributed by atoms with Crippen molar-refractivity contribution in [1.82, 2.24) is 0 Å². The number of nitrogens with zero attached hydrogens (tertiary/aromatic N) is 1. The van der Waals surface area contributed by atoms with Gasteiger partial charge in [0.1, 0.15) is 22.3 Å². The van der Waals surface area contributed by atoms with Crippen LogP contribution < -0.4 is 4.90 Å². The number of hydrogen-bond acceptors (Lipinski definition) is 3. The molecule has 2 heterocycles. The van der Waals surface area contributed by atoms with E-state index in [1.807, 2.05) is 0 Å². The number of para-hydroxylation sites is 3. The number of hydrogen-bond donors (Lipinski definition) is 0. The largest absolute Gasteiger partial charge is 0.456 e. The fraction of sp³-hybridized carbons (Fsp3) is 0.351. The molecule has 14 aromatic rings. The monoisotopic (exact) mass is 1490 g/mol. The van der Waals surface area contributed by atoms with Crippen LogP contribution in [0, 0.1) is 0 Å². The van der Waals surface area contributed by atoms with Crippen molar-refractivity contribution in [3.63, 3.8) is 0 Å². The van der Waals surface area contributed by atoms with E-state index in [9.17, 15) is 0 Å². The van der Waals surface area contributed by atoms with Crippen molar-refractivity contribution in [1.29, 1.82) is 0 Å². The van der Waals surface area contributed by atoms with Crippen LogP contribution in [-0.2, 0) is 27.1 Å². The summed E-state index contributed by atoms with van der Waals surface area (Å²) in [7, 11) is 0. The minimum Gasteiger partial charge on any atom is -0.456 e. The fourth-order valence-corrected chi connectivity index (χ4v) is 22.8. The quantitative estimate of drug-likeness (QED) is 0.0438. The topological polar surface area (TPSA) is 29.5 Å². The van der Waals surface area contributed by atoms with Gasteiger partial charge in [0.25, 0.3) is 0 Å². The molecule has 0 bridgehead atoms. The van der Waals surface area contributed by atoms with Crippen molar-refractivity contribution in [2.45, 2.75) is 250 Å². The van der Waals surface area contributed by atoms with Gasteiger partial charge in [-0.05, 0) is 245 Å². The first kappa shape index (κ1) is 74.2. The van der Waals surface area contributed by atoms with Crippen molar-refractivity contribution < 1.29 is 8.83 Å². The maximum atomic E-state index is 7.46. The predicted molar refractivity (Wildman–Crippen MR) is 485 cm³/mol. The number of fused-ring (bicyclic) bond motifs is 23. The zero-order valence-corrected chi connectivity index (χ0v) is 69.6. The van der Waals surface area contributed by atoms with E-state index >= 15 is 0 Å². The van der Waals surface area contributed by atoms with Gasteiger partial charge in [-0.3, -0.25) is 0 Å².